The molecule has 2 heterocycles. The van der Waals surface area contributed by atoms with Crippen LogP contribution in [0.5, 0.6) is 11.5 Å². The van der Waals surface area contributed by atoms with Crippen LogP contribution in [-0.2, 0) is 6.54 Å². The van der Waals surface area contributed by atoms with Crippen molar-refractivity contribution < 1.29 is 24.5 Å². The predicted octanol–water partition coefficient (Wildman–Crippen LogP) is 2.36. The van der Waals surface area contributed by atoms with E-state index >= 15 is 0 Å². The zero-order chi connectivity index (χ0) is 19.0. The Morgan fingerprint density at radius 3 is 2.89 bits per heavy atom. The van der Waals surface area contributed by atoms with Crippen molar-refractivity contribution in [2.24, 2.45) is 5.41 Å². The van der Waals surface area contributed by atoms with Crippen LogP contribution in [0.4, 0.5) is 0 Å². The van der Waals surface area contributed by atoms with E-state index in [1.807, 2.05) is 30.3 Å². The molecule has 2 atom stereocenters. The number of nitrogens with zero attached hydrogens (tertiary/aromatic N) is 1. The second-order valence-corrected chi connectivity index (χ2v) is 7.40. The number of hydrogen-bond acceptors (Lipinski definition) is 5. The summed E-state index contributed by atoms with van der Waals surface area (Å²) in [6, 6.07) is 12.9. The molecule has 0 bridgehead atoms. The first-order chi connectivity index (χ1) is 13.1. The normalized spacial score (nSPS) is 24.0. The first-order valence-corrected chi connectivity index (χ1v) is 9.01. The molecule has 142 valence electrons. The number of methoxy groups -OCH3 is 1. The van der Waals surface area contributed by atoms with Crippen LogP contribution >= 0.6 is 0 Å². The summed E-state index contributed by atoms with van der Waals surface area (Å²) in [5.74, 6) is 0.765. The third-order valence-corrected chi connectivity index (χ3v) is 5.79. The number of aliphatic hydroxyl groups excluding tert-OH is 1. The molecule has 2 aliphatic heterocycles. The maximum atomic E-state index is 11.5. The Bertz CT molecular complexity index is 867. The molecule has 0 aliphatic carbocycles. The molecule has 0 aromatic heterocycles. The number of carbonyl (C=O) groups is 1. The van der Waals surface area contributed by atoms with Crippen molar-refractivity contribution in [1.82, 2.24) is 4.90 Å². The number of carboxylic acids is 1. The Labute approximate surface area is 157 Å². The van der Waals surface area contributed by atoms with Crippen molar-refractivity contribution in [3.63, 3.8) is 0 Å². The Kier molecular flexibility index (Phi) is 4.53. The fourth-order valence-electron chi connectivity index (χ4n) is 4.36. The van der Waals surface area contributed by atoms with Gasteiger partial charge in [-0.3, -0.25) is 4.90 Å². The maximum absolute atomic E-state index is 11.5. The number of hydrogen-bond donors (Lipinski definition) is 2. The van der Waals surface area contributed by atoms with Crippen LogP contribution in [0.3, 0.4) is 0 Å². The van der Waals surface area contributed by atoms with Gasteiger partial charge in [0.1, 0.15) is 11.5 Å². The van der Waals surface area contributed by atoms with E-state index in [1.54, 1.807) is 19.2 Å². The van der Waals surface area contributed by atoms with E-state index in [1.165, 1.54) is 0 Å². The van der Waals surface area contributed by atoms with E-state index < -0.39 is 5.97 Å². The van der Waals surface area contributed by atoms with Gasteiger partial charge in [-0.2, -0.15) is 0 Å². The van der Waals surface area contributed by atoms with Gasteiger partial charge in [0.05, 0.1) is 25.9 Å². The summed E-state index contributed by atoms with van der Waals surface area (Å²) in [6.45, 7) is 2.41. The highest BCUT2D eigenvalue weighted by Gasteiger charge is 2.50. The lowest BCUT2D eigenvalue weighted by molar-refractivity contribution is 0.0455. The van der Waals surface area contributed by atoms with Gasteiger partial charge < -0.3 is 19.7 Å². The molecule has 6 nitrogen and oxygen atoms in total. The molecule has 0 saturated carbocycles. The van der Waals surface area contributed by atoms with Crippen LogP contribution in [0, 0.1) is 5.41 Å². The van der Waals surface area contributed by atoms with Crippen molar-refractivity contribution in [2.75, 3.05) is 33.4 Å². The van der Waals surface area contributed by atoms with Crippen LogP contribution < -0.4 is 9.47 Å². The lowest BCUT2D eigenvalue weighted by Crippen LogP contribution is -2.42. The number of ether oxygens (including phenoxy) is 2. The summed E-state index contributed by atoms with van der Waals surface area (Å²) in [4.78, 5) is 13.7. The second-order valence-electron chi connectivity index (χ2n) is 7.40. The molecular weight excluding hydrogens is 346 g/mol. The van der Waals surface area contributed by atoms with E-state index in [4.69, 9.17) is 9.47 Å². The fraction of sp³-hybridized carbons (Fsp3) is 0.381. The van der Waals surface area contributed by atoms with Gasteiger partial charge in [-0.15, -0.1) is 0 Å². The summed E-state index contributed by atoms with van der Waals surface area (Å²) in [5.41, 5.74) is 1.81. The molecule has 2 aromatic rings. The fourth-order valence-corrected chi connectivity index (χ4v) is 4.36. The highest BCUT2D eigenvalue weighted by molar-refractivity contribution is 5.89. The van der Waals surface area contributed by atoms with Crippen LogP contribution in [0.1, 0.15) is 27.4 Å². The van der Waals surface area contributed by atoms with Crippen molar-refractivity contribution in [3.8, 4) is 11.5 Å². The summed E-state index contributed by atoms with van der Waals surface area (Å²) in [6.07, 6.45) is 0. The molecular formula is C21H23NO5. The van der Waals surface area contributed by atoms with Crippen molar-refractivity contribution in [3.05, 3.63) is 59.2 Å². The Balaban J connectivity index is 1.62. The number of aromatic carboxylic acids is 1. The second kappa shape index (κ2) is 6.87. The molecule has 1 fully saturated rings. The third-order valence-electron chi connectivity index (χ3n) is 5.79. The number of aliphatic hydroxyl groups is 1. The zero-order valence-corrected chi connectivity index (χ0v) is 15.2. The van der Waals surface area contributed by atoms with E-state index in [0.717, 1.165) is 29.2 Å². The first-order valence-electron chi connectivity index (χ1n) is 9.01. The molecule has 0 spiro atoms. The molecule has 2 aliphatic rings. The van der Waals surface area contributed by atoms with Gasteiger partial charge >= 0.3 is 5.97 Å². The lowest BCUT2D eigenvalue weighted by atomic mass is 9.74. The van der Waals surface area contributed by atoms with Crippen LogP contribution in [0.2, 0.25) is 0 Å². The SMILES string of the molecule is COc1ccc2c(c1)OC[C@]1(CO)CN(Cc3ccccc3C(=O)O)C[C@H]21. The topological polar surface area (TPSA) is 79.2 Å². The van der Waals surface area contributed by atoms with Gasteiger partial charge in [0.25, 0.3) is 0 Å². The molecule has 27 heavy (non-hydrogen) atoms. The van der Waals surface area contributed by atoms with Crippen LogP contribution in [0.25, 0.3) is 0 Å². The van der Waals surface area contributed by atoms with Gasteiger partial charge in [-0.1, -0.05) is 24.3 Å². The molecule has 4 rings (SSSR count). The highest BCUT2D eigenvalue weighted by Crippen LogP contribution is 2.50. The lowest BCUT2D eigenvalue weighted by Gasteiger charge is -2.38. The molecule has 0 radical (unpaired) electrons. The quantitative estimate of drug-likeness (QED) is 0.842. The van der Waals surface area contributed by atoms with Crippen molar-refractivity contribution >= 4 is 5.97 Å². The highest BCUT2D eigenvalue weighted by atomic mass is 16.5. The predicted molar refractivity (Wildman–Crippen MR) is 99.4 cm³/mol. The zero-order valence-electron chi connectivity index (χ0n) is 15.2. The number of likely N-dealkylation sites (tertiary alicyclic amines) is 1. The van der Waals surface area contributed by atoms with Crippen LogP contribution in [0.15, 0.2) is 42.5 Å². The molecule has 2 aromatic carbocycles. The Morgan fingerprint density at radius 2 is 2.15 bits per heavy atom. The summed E-state index contributed by atoms with van der Waals surface area (Å²) in [5, 5.41) is 19.6. The van der Waals surface area contributed by atoms with Crippen molar-refractivity contribution in [2.45, 2.75) is 12.5 Å². The number of benzene rings is 2. The van der Waals surface area contributed by atoms with Gasteiger partial charge in [0.2, 0.25) is 0 Å². The van der Waals surface area contributed by atoms with Gasteiger partial charge in [0, 0.05) is 37.0 Å². The summed E-state index contributed by atoms with van der Waals surface area (Å²) in [7, 11) is 1.62. The largest absolute Gasteiger partial charge is 0.497 e. The smallest absolute Gasteiger partial charge is 0.336 e. The first kappa shape index (κ1) is 17.8. The Morgan fingerprint density at radius 1 is 1.33 bits per heavy atom. The van der Waals surface area contributed by atoms with Crippen LogP contribution in [-0.4, -0.2) is 54.5 Å². The minimum absolute atomic E-state index is 0.0280. The number of fused-ring (bicyclic) bond motifs is 3. The van der Waals surface area contributed by atoms with E-state index in [0.29, 0.717) is 25.3 Å². The number of rotatable bonds is 5. The van der Waals surface area contributed by atoms with Gasteiger partial charge in [-0.25, -0.2) is 4.79 Å². The third kappa shape index (κ3) is 3.05. The molecule has 0 amide bonds. The molecule has 2 N–H and O–H groups in total. The molecule has 0 unspecified atom stereocenters. The summed E-state index contributed by atoms with van der Waals surface area (Å²) < 4.78 is 11.3. The van der Waals surface area contributed by atoms with E-state index in [-0.39, 0.29) is 17.9 Å². The minimum atomic E-state index is -0.917. The summed E-state index contributed by atoms with van der Waals surface area (Å²) >= 11 is 0. The average Bonchev–Trinajstić information content (AvgIpc) is 3.06. The Hall–Kier alpha value is -2.57. The molecule has 6 heteroatoms. The monoisotopic (exact) mass is 369 g/mol. The van der Waals surface area contributed by atoms with E-state index in [9.17, 15) is 15.0 Å². The minimum Gasteiger partial charge on any atom is -0.497 e. The average molecular weight is 369 g/mol. The van der Waals surface area contributed by atoms with Gasteiger partial charge in [-0.05, 0) is 23.3 Å². The van der Waals surface area contributed by atoms with Crippen molar-refractivity contribution in [1.29, 1.82) is 0 Å². The standard InChI is InChI=1S/C21H23NO5/c1-26-15-6-7-17-18-10-22(9-14-4-2-3-5-16(14)20(24)25)11-21(18,12-23)13-27-19(17)8-15/h2-8,18,23H,9-13H2,1H3,(H,24,25)/t18-,21-/m1/s1. The van der Waals surface area contributed by atoms with Gasteiger partial charge in [0.15, 0.2) is 0 Å². The molecule has 1 saturated heterocycles. The maximum Gasteiger partial charge on any atom is 0.336 e. The van der Waals surface area contributed by atoms with E-state index in [2.05, 4.69) is 4.90 Å². The number of carboxylic acid groups (broad SMARTS) is 1.